The van der Waals surface area contributed by atoms with E-state index in [0.29, 0.717) is 5.57 Å². The van der Waals surface area contributed by atoms with E-state index in [9.17, 15) is 14.4 Å². The Hall–Kier alpha value is -1.36. The third kappa shape index (κ3) is 5.31. The monoisotopic (exact) mass is 276 g/mol. The summed E-state index contributed by atoms with van der Waals surface area (Å²) in [6, 6.07) is 0. The zero-order chi connectivity index (χ0) is 14.1. The number of ketones is 1. The fourth-order valence-corrected chi connectivity index (χ4v) is 1.36. The van der Waals surface area contributed by atoms with E-state index in [-0.39, 0.29) is 24.7 Å². The van der Waals surface area contributed by atoms with Crippen molar-refractivity contribution in [1.29, 1.82) is 0 Å². The Balaban J connectivity index is 4.94. The van der Waals surface area contributed by atoms with E-state index >= 15 is 0 Å². The van der Waals surface area contributed by atoms with Crippen LogP contribution in [-0.4, -0.2) is 36.8 Å². The number of allylic oxidation sites excluding steroid dienone is 1. The molecule has 0 atom stereocenters. The van der Waals surface area contributed by atoms with Crippen LogP contribution in [0.25, 0.3) is 0 Å². The molecule has 0 rings (SSSR count). The van der Waals surface area contributed by atoms with Crippen LogP contribution in [0.4, 0.5) is 0 Å². The Kier molecular flexibility index (Phi) is 8.03. The van der Waals surface area contributed by atoms with Crippen molar-refractivity contribution in [2.75, 3.05) is 19.1 Å². The maximum atomic E-state index is 11.8. The largest absolute Gasteiger partial charge is 0.466 e. The molecular weight excluding hydrogens is 260 g/mol. The molecule has 0 aromatic rings. The number of rotatable bonds is 7. The van der Waals surface area contributed by atoms with Gasteiger partial charge in [0.1, 0.15) is 12.0 Å². The van der Waals surface area contributed by atoms with E-state index in [1.54, 1.807) is 20.8 Å². The molecule has 0 radical (unpaired) electrons. The van der Waals surface area contributed by atoms with Crippen LogP contribution in [-0.2, 0) is 23.9 Å². The van der Waals surface area contributed by atoms with Crippen molar-refractivity contribution in [3.05, 3.63) is 11.1 Å². The van der Waals surface area contributed by atoms with Gasteiger partial charge in [-0.3, -0.25) is 9.59 Å². The van der Waals surface area contributed by atoms with Crippen molar-refractivity contribution in [3.8, 4) is 0 Å². The van der Waals surface area contributed by atoms with Gasteiger partial charge in [0.2, 0.25) is 0 Å². The second-order valence-corrected chi connectivity index (χ2v) is 3.68. The smallest absolute Gasteiger partial charge is 0.341 e. The molecule has 6 heteroatoms. The topological polar surface area (TPSA) is 69.7 Å². The van der Waals surface area contributed by atoms with Crippen molar-refractivity contribution in [2.24, 2.45) is 0 Å². The molecule has 0 heterocycles. The third-order valence-electron chi connectivity index (χ3n) is 2.00. The standard InChI is InChI=1S/C12H17ClO5/c1-4-17-10(15)6-9(14)11(8(3)7-13)12(16)18-5-2/h4-7H2,1-3H3/b11-8+. The lowest BCUT2D eigenvalue weighted by Gasteiger charge is -2.08. The first kappa shape index (κ1) is 16.6. The van der Waals surface area contributed by atoms with E-state index in [0.717, 1.165) is 0 Å². The number of carbonyl (C=O) groups is 3. The number of hydrogen-bond donors (Lipinski definition) is 0. The van der Waals surface area contributed by atoms with Crippen LogP contribution in [0, 0.1) is 0 Å². The summed E-state index contributed by atoms with van der Waals surface area (Å²) >= 11 is 5.60. The lowest BCUT2D eigenvalue weighted by molar-refractivity contribution is -0.145. The number of Topliss-reactive ketones (excluding diaryl/α,β-unsaturated/α-hetero) is 1. The van der Waals surface area contributed by atoms with Crippen LogP contribution >= 0.6 is 11.6 Å². The molecule has 0 amide bonds. The highest BCUT2D eigenvalue weighted by atomic mass is 35.5. The molecular formula is C12H17ClO5. The van der Waals surface area contributed by atoms with Gasteiger partial charge in [0.15, 0.2) is 5.78 Å². The quantitative estimate of drug-likeness (QED) is 0.232. The molecule has 0 N–H and O–H groups in total. The number of carbonyl (C=O) groups excluding carboxylic acids is 3. The second kappa shape index (κ2) is 8.69. The molecule has 0 saturated heterocycles. The summed E-state index contributed by atoms with van der Waals surface area (Å²) in [6.45, 7) is 5.13. The van der Waals surface area contributed by atoms with Gasteiger partial charge in [0.05, 0.1) is 13.2 Å². The van der Waals surface area contributed by atoms with E-state index < -0.39 is 24.1 Å². The Labute approximate surface area is 111 Å². The second-order valence-electron chi connectivity index (χ2n) is 3.41. The van der Waals surface area contributed by atoms with Gasteiger partial charge >= 0.3 is 11.9 Å². The van der Waals surface area contributed by atoms with Crippen LogP contribution in [0.3, 0.4) is 0 Å². The molecule has 0 saturated carbocycles. The summed E-state index contributed by atoms with van der Waals surface area (Å²) in [7, 11) is 0. The summed E-state index contributed by atoms with van der Waals surface area (Å²) in [5.41, 5.74) is 0.212. The van der Waals surface area contributed by atoms with Crippen molar-refractivity contribution in [2.45, 2.75) is 27.2 Å². The lowest BCUT2D eigenvalue weighted by atomic mass is 10.0. The maximum absolute atomic E-state index is 11.8. The first-order valence-electron chi connectivity index (χ1n) is 5.59. The fraction of sp³-hybridized carbons (Fsp3) is 0.583. The van der Waals surface area contributed by atoms with Gasteiger partial charge in [-0.25, -0.2) is 4.79 Å². The zero-order valence-electron chi connectivity index (χ0n) is 10.7. The first-order valence-corrected chi connectivity index (χ1v) is 6.12. The Morgan fingerprint density at radius 3 is 2.06 bits per heavy atom. The maximum Gasteiger partial charge on any atom is 0.341 e. The van der Waals surface area contributed by atoms with E-state index in [2.05, 4.69) is 4.74 Å². The summed E-state index contributed by atoms with van der Waals surface area (Å²) in [4.78, 5) is 34.6. The minimum absolute atomic E-state index is 0.0166. The SMILES string of the molecule is CCOC(=O)CC(=O)/C(C(=O)OCC)=C(/C)CCl. The van der Waals surface area contributed by atoms with Crippen molar-refractivity contribution >= 4 is 29.3 Å². The number of alkyl halides is 1. The minimum atomic E-state index is -0.759. The number of hydrogen-bond acceptors (Lipinski definition) is 5. The molecule has 102 valence electrons. The van der Waals surface area contributed by atoms with Crippen LogP contribution in [0.5, 0.6) is 0 Å². The van der Waals surface area contributed by atoms with Gasteiger partial charge in [-0.2, -0.15) is 0 Å². The fourth-order valence-electron chi connectivity index (χ4n) is 1.23. The van der Waals surface area contributed by atoms with Gasteiger partial charge in [-0.1, -0.05) is 0 Å². The van der Waals surface area contributed by atoms with Gasteiger partial charge < -0.3 is 9.47 Å². The third-order valence-corrected chi connectivity index (χ3v) is 2.40. The first-order chi connectivity index (χ1) is 8.47. The summed E-state index contributed by atoms with van der Waals surface area (Å²) in [6.07, 6.45) is -0.490. The van der Waals surface area contributed by atoms with Crippen LogP contribution < -0.4 is 0 Å². The van der Waals surface area contributed by atoms with Crippen LogP contribution in [0.2, 0.25) is 0 Å². The van der Waals surface area contributed by atoms with Gasteiger partial charge in [0, 0.05) is 5.88 Å². The molecule has 0 aliphatic carbocycles. The Morgan fingerprint density at radius 2 is 1.61 bits per heavy atom. The molecule has 0 fully saturated rings. The highest BCUT2D eigenvalue weighted by Gasteiger charge is 2.24. The molecule has 0 aromatic carbocycles. The van der Waals surface area contributed by atoms with Crippen LogP contribution in [0.1, 0.15) is 27.2 Å². The van der Waals surface area contributed by atoms with Gasteiger partial charge in [-0.15, -0.1) is 11.6 Å². The molecule has 0 aromatic heterocycles. The molecule has 0 unspecified atom stereocenters. The number of ether oxygens (including phenoxy) is 2. The lowest BCUT2D eigenvalue weighted by Crippen LogP contribution is -2.21. The highest BCUT2D eigenvalue weighted by Crippen LogP contribution is 2.12. The predicted molar refractivity (Wildman–Crippen MR) is 66.3 cm³/mol. The van der Waals surface area contributed by atoms with Crippen molar-refractivity contribution < 1.29 is 23.9 Å². The Bertz CT molecular complexity index is 359. The van der Waals surface area contributed by atoms with Crippen molar-refractivity contribution in [3.63, 3.8) is 0 Å². The predicted octanol–water partition coefficient (Wildman–Crippen LogP) is 1.63. The molecule has 0 aliphatic rings. The minimum Gasteiger partial charge on any atom is -0.466 e. The normalized spacial score (nSPS) is 11.6. The average Bonchev–Trinajstić information content (AvgIpc) is 2.29. The molecule has 5 nitrogen and oxygen atoms in total. The van der Waals surface area contributed by atoms with Crippen LogP contribution in [0.15, 0.2) is 11.1 Å². The van der Waals surface area contributed by atoms with E-state index in [1.165, 1.54) is 0 Å². The molecule has 18 heavy (non-hydrogen) atoms. The highest BCUT2D eigenvalue weighted by molar-refractivity contribution is 6.24. The summed E-state index contributed by atoms with van der Waals surface area (Å²) < 4.78 is 9.41. The van der Waals surface area contributed by atoms with Gasteiger partial charge in [-0.05, 0) is 26.3 Å². The molecule has 0 bridgehead atoms. The molecule has 0 spiro atoms. The van der Waals surface area contributed by atoms with E-state index in [4.69, 9.17) is 16.3 Å². The zero-order valence-corrected chi connectivity index (χ0v) is 11.5. The number of esters is 2. The number of halogens is 1. The average molecular weight is 277 g/mol. The Morgan fingerprint density at radius 1 is 1.06 bits per heavy atom. The molecule has 0 aliphatic heterocycles. The van der Waals surface area contributed by atoms with Gasteiger partial charge in [0.25, 0.3) is 0 Å². The van der Waals surface area contributed by atoms with E-state index in [1.807, 2.05) is 0 Å². The summed E-state index contributed by atoms with van der Waals surface area (Å²) in [5, 5.41) is 0. The summed E-state index contributed by atoms with van der Waals surface area (Å²) in [5.74, 6) is -2.05. The van der Waals surface area contributed by atoms with Crippen molar-refractivity contribution in [1.82, 2.24) is 0 Å².